The molecule has 1 saturated heterocycles. The lowest BCUT2D eigenvalue weighted by Gasteiger charge is -2.32. The predicted molar refractivity (Wildman–Crippen MR) is 102 cm³/mol. The SMILES string of the molecule is CC1CN2C(=O)c3c(O)c(=O)c(C(=O)NCc4ccc(F)cc4F)cn3CC2S1. The normalized spacial score (nSPS) is 20.4. The fraction of sp³-hybridized carbons (Fsp3) is 0.316. The summed E-state index contributed by atoms with van der Waals surface area (Å²) in [4.78, 5) is 39.3. The van der Waals surface area contributed by atoms with Crippen LogP contribution in [0.4, 0.5) is 8.78 Å². The zero-order valence-corrected chi connectivity index (χ0v) is 16.1. The first-order chi connectivity index (χ1) is 13.8. The standard InChI is InChI=1S/C19H17F2N3O4S/c1-9-6-24-14(29-9)8-23-7-12(16(25)17(26)15(23)19(24)28)18(27)22-5-10-2-3-11(20)4-13(10)21/h2-4,7,9,14,26H,5-6,8H2,1H3,(H,22,27). The van der Waals surface area contributed by atoms with Crippen LogP contribution in [0, 0.1) is 11.6 Å². The molecule has 29 heavy (non-hydrogen) atoms. The van der Waals surface area contributed by atoms with Crippen LogP contribution in [0.3, 0.4) is 0 Å². The molecule has 2 aliphatic heterocycles. The van der Waals surface area contributed by atoms with Crippen LogP contribution in [0.15, 0.2) is 29.2 Å². The summed E-state index contributed by atoms with van der Waals surface area (Å²) in [6.07, 6.45) is 1.24. The highest BCUT2D eigenvalue weighted by Gasteiger charge is 2.41. The minimum atomic E-state index is -0.972. The Kier molecular flexibility index (Phi) is 4.81. The number of thioether (sulfide) groups is 1. The van der Waals surface area contributed by atoms with Gasteiger partial charge in [-0.25, -0.2) is 8.78 Å². The number of amides is 2. The van der Waals surface area contributed by atoms with E-state index in [1.807, 2.05) is 6.92 Å². The van der Waals surface area contributed by atoms with Crippen LogP contribution in [-0.2, 0) is 13.1 Å². The number of nitrogens with one attached hydrogen (secondary N) is 1. The van der Waals surface area contributed by atoms with Crippen molar-refractivity contribution >= 4 is 23.6 Å². The zero-order chi connectivity index (χ0) is 20.9. The highest BCUT2D eigenvalue weighted by atomic mass is 32.2. The molecule has 2 atom stereocenters. The zero-order valence-electron chi connectivity index (χ0n) is 15.3. The molecule has 152 valence electrons. The number of nitrogens with zero attached hydrogens (tertiary/aromatic N) is 2. The number of carbonyl (C=O) groups excluding carboxylic acids is 2. The number of fused-ring (bicyclic) bond motifs is 2. The molecule has 0 spiro atoms. The van der Waals surface area contributed by atoms with E-state index in [1.54, 1.807) is 16.7 Å². The monoisotopic (exact) mass is 421 g/mol. The molecule has 7 nitrogen and oxygen atoms in total. The fourth-order valence-corrected chi connectivity index (χ4v) is 4.91. The largest absolute Gasteiger partial charge is 0.503 e. The smallest absolute Gasteiger partial charge is 0.275 e. The third-order valence-electron chi connectivity index (χ3n) is 4.96. The van der Waals surface area contributed by atoms with Gasteiger partial charge in [0.1, 0.15) is 17.2 Å². The van der Waals surface area contributed by atoms with Crippen LogP contribution in [0.25, 0.3) is 0 Å². The summed E-state index contributed by atoms with van der Waals surface area (Å²) in [5.41, 5.74) is -1.42. The maximum Gasteiger partial charge on any atom is 0.275 e. The molecule has 4 rings (SSSR count). The highest BCUT2D eigenvalue weighted by molar-refractivity contribution is 8.00. The minimum Gasteiger partial charge on any atom is -0.503 e. The molecule has 2 N–H and O–H groups in total. The Morgan fingerprint density at radius 1 is 1.31 bits per heavy atom. The van der Waals surface area contributed by atoms with E-state index in [1.165, 1.54) is 16.8 Å². The lowest BCUT2D eigenvalue weighted by Crippen LogP contribution is -2.45. The first-order valence-corrected chi connectivity index (χ1v) is 9.85. The van der Waals surface area contributed by atoms with Crippen LogP contribution >= 0.6 is 11.8 Å². The van der Waals surface area contributed by atoms with Crippen LogP contribution in [-0.4, -0.2) is 43.6 Å². The quantitative estimate of drug-likeness (QED) is 0.787. The van der Waals surface area contributed by atoms with Gasteiger partial charge in [-0.1, -0.05) is 13.0 Å². The van der Waals surface area contributed by atoms with Crippen LogP contribution in [0.2, 0.25) is 0 Å². The molecule has 2 amide bonds. The number of hydrogen-bond acceptors (Lipinski definition) is 5. The summed E-state index contributed by atoms with van der Waals surface area (Å²) in [5.74, 6) is -3.63. The van der Waals surface area contributed by atoms with E-state index in [0.29, 0.717) is 19.2 Å². The average molecular weight is 421 g/mol. The Labute approximate surface area is 168 Å². The van der Waals surface area contributed by atoms with Crippen molar-refractivity contribution in [1.29, 1.82) is 0 Å². The molecule has 10 heteroatoms. The number of aromatic hydroxyl groups is 1. The van der Waals surface area contributed by atoms with Gasteiger partial charge in [0.2, 0.25) is 5.43 Å². The van der Waals surface area contributed by atoms with Crippen molar-refractivity contribution in [2.75, 3.05) is 6.54 Å². The molecular weight excluding hydrogens is 404 g/mol. The van der Waals surface area contributed by atoms with E-state index >= 15 is 0 Å². The Bertz CT molecular complexity index is 1090. The first kappa shape index (κ1) is 19.4. The second kappa shape index (κ2) is 7.18. The van der Waals surface area contributed by atoms with E-state index in [2.05, 4.69) is 5.32 Å². The summed E-state index contributed by atoms with van der Waals surface area (Å²) in [5, 5.41) is 12.8. The van der Waals surface area contributed by atoms with E-state index in [4.69, 9.17) is 0 Å². The van der Waals surface area contributed by atoms with E-state index < -0.39 is 34.6 Å². The maximum absolute atomic E-state index is 13.7. The van der Waals surface area contributed by atoms with Gasteiger partial charge in [0, 0.05) is 36.2 Å². The van der Waals surface area contributed by atoms with Gasteiger partial charge in [-0.05, 0) is 6.07 Å². The van der Waals surface area contributed by atoms with Crippen molar-refractivity contribution < 1.29 is 23.5 Å². The summed E-state index contributed by atoms with van der Waals surface area (Å²) in [6, 6.07) is 2.94. The Morgan fingerprint density at radius 2 is 2.07 bits per heavy atom. The molecule has 0 radical (unpaired) electrons. The third-order valence-corrected chi connectivity index (χ3v) is 6.29. The Balaban J connectivity index is 1.61. The molecule has 2 unspecified atom stereocenters. The van der Waals surface area contributed by atoms with Crippen LogP contribution in [0.1, 0.15) is 33.3 Å². The predicted octanol–water partition coefficient (Wildman–Crippen LogP) is 1.68. The van der Waals surface area contributed by atoms with Gasteiger partial charge in [-0.15, -0.1) is 11.8 Å². The minimum absolute atomic E-state index is 0.0456. The molecule has 0 bridgehead atoms. The molecule has 1 aromatic carbocycles. The Hall–Kier alpha value is -2.88. The lowest BCUT2D eigenvalue weighted by molar-refractivity contribution is 0.0689. The molecular formula is C19H17F2N3O4S. The number of rotatable bonds is 3. The van der Waals surface area contributed by atoms with Crippen LogP contribution < -0.4 is 10.7 Å². The Morgan fingerprint density at radius 3 is 2.79 bits per heavy atom. The number of benzene rings is 1. The van der Waals surface area contributed by atoms with Crippen molar-refractivity contribution in [2.45, 2.75) is 30.6 Å². The van der Waals surface area contributed by atoms with E-state index in [9.17, 15) is 28.3 Å². The first-order valence-electron chi connectivity index (χ1n) is 8.91. The van der Waals surface area contributed by atoms with Gasteiger partial charge in [0.05, 0.1) is 11.9 Å². The van der Waals surface area contributed by atoms with Gasteiger partial charge in [0.25, 0.3) is 11.8 Å². The molecule has 3 heterocycles. The molecule has 1 aromatic heterocycles. The van der Waals surface area contributed by atoms with E-state index in [0.717, 1.165) is 6.07 Å². The van der Waals surface area contributed by atoms with Gasteiger partial charge < -0.3 is 19.9 Å². The summed E-state index contributed by atoms with van der Waals surface area (Å²) >= 11 is 1.60. The molecule has 0 aliphatic carbocycles. The van der Waals surface area contributed by atoms with Gasteiger partial charge in [-0.2, -0.15) is 0 Å². The van der Waals surface area contributed by atoms with Crippen molar-refractivity contribution in [3.8, 4) is 5.75 Å². The highest BCUT2D eigenvalue weighted by Crippen LogP contribution is 2.36. The fourth-order valence-electron chi connectivity index (χ4n) is 3.55. The summed E-state index contributed by atoms with van der Waals surface area (Å²) in [6.45, 7) is 2.57. The van der Waals surface area contributed by atoms with Gasteiger partial charge in [0.15, 0.2) is 11.4 Å². The lowest BCUT2D eigenvalue weighted by atomic mass is 10.1. The second-order valence-electron chi connectivity index (χ2n) is 7.00. The molecule has 2 aliphatic rings. The average Bonchev–Trinajstić information content (AvgIpc) is 3.04. The van der Waals surface area contributed by atoms with Crippen molar-refractivity contribution in [3.63, 3.8) is 0 Å². The number of pyridine rings is 1. The van der Waals surface area contributed by atoms with Crippen molar-refractivity contribution in [3.05, 3.63) is 63.1 Å². The second-order valence-corrected chi connectivity index (χ2v) is 8.62. The number of carbonyl (C=O) groups is 2. The van der Waals surface area contributed by atoms with Crippen LogP contribution in [0.5, 0.6) is 5.75 Å². The van der Waals surface area contributed by atoms with Gasteiger partial charge >= 0.3 is 0 Å². The number of aromatic nitrogens is 1. The summed E-state index contributed by atoms with van der Waals surface area (Å²) < 4.78 is 28.1. The summed E-state index contributed by atoms with van der Waals surface area (Å²) in [7, 11) is 0. The molecule has 2 aromatic rings. The number of hydrogen-bond donors (Lipinski definition) is 2. The van der Waals surface area contributed by atoms with E-state index in [-0.39, 0.29) is 34.0 Å². The molecule has 0 saturated carbocycles. The third kappa shape index (κ3) is 3.37. The topological polar surface area (TPSA) is 91.6 Å². The van der Waals surface area contributed by atoms with Crippen molar-refractivity contribution in [1.82, 2.24) is 14.8 Å². The number of halogens is 2. The maximum atomic E-state index is 13.7. The molecule has 1 fully saturated rings. The van der Waals surface area contributed by atoms with Gasteiger partial charge in [-0.3, -0.25) is 14.4 Å². The van der Waals surface area contributed by atoms with Crippen molar-refractivity contribution in [2.24, 2.45) is 0 Å².